The first-order valence-electron chi connectivity index (χ1n) is 8.09. The average molecular weight is 318 g/mol. The molecule has 0 saturated carbocycles. The summed E-state index contributed by atoms with van der Waals surface area (Å²) in [5.74, 6) is 0. The van der Waals surface area contributed by atoms with E-state index in [-0.39, 0.29) is 11.7 Å². The molecule has 0 unspecified atom stereocenters. The van der Waals surface area contributed by atoms with Gasteiger partial charge in [0.2, 0.25) is 0 Å². The van der Waals surface area contributed by atoms with Crippen LogP contribution in [-0.2, 0) is 21.7 Å². The summed E-state index contributed by atoms with van der Waals surface area (Å²) < 4.78 is 11.3. The lowest BCUT2D eigenvalue weighted by Gasteiger charge is -2.47. The minimum Gasteiger partial charge on any atom is -0.444 e. The topological polar surface area (TPSA) is 62.6 Å². The van der Waals surface area contributed by atoms with E-state index in [1.165, 1.54) is 6.21 Å². The van der Waals surface area contributed by atoms with Gasteiger partial charge in [0.1, 0.15) is 11.2 Å². The molecule has 1 spiro atoms. The first kappa shape index (κ1) is 17.5. The summed E-state index contributed by atoms with van der Waals surface area (Å²) in [7, 11) is 0. The predicted octanol–water partition coefficient (Wildman–Crippen LogP) is 3.69. The number of nitrogens with one attached hydrogen (secondary N) is 1. The van der Waals surface area contributed by atoms with Gasteiger partial charge in [-0.3, -0.25) is 0 Å². The van der Waals surface area contributed by atoms with E-state index in [9.17, 15) is 4.79 Å². The summed E-state index contributed by atoms with van der Waals surface area (Å²) in [5.41, 5.74) is 2.25. The van der Waals surface area contributed by atoms with Crippen LogP contribution in [0.4, 0.5) is 4.79 Å². The number of rotatable bonds is 1. The summed E-state index contributed by atoms with van der Waals surface area (Å²) in [6, 6.07) is 5.90. The van der Waals surface area contributed by atoms with Gasteiger partial charge < -0.3 is 19.8 Å². The number of hydrogen-bond acceptors (Lipinski definition) is 4. The Morgan fingerprint density at radius 1 is 1.35 bits per heavy atom. The summed E-state index contributed by atoms with van der Waals surface area (Å²) in [6.45, 7) is 11.2. The fraction of sp³-hybridized carbons (Fsp3) is 0.556. The molecule has 3 rings (SSSR count). The molecule has 0 radical (unpaired) electrons. The Bertz CT molecular complexity index is 599. The molecule has 1 N–H and O–H groups in total. The van der Waals surface area contributed by atoms with Gasteiger partial charge >= 0.3 is 6.09 Å². The Morgan fingerprint density at radius 2 is 2.00 bits per heavy atom. The van der Waals surface area contributed by atoms with Crippen molar-refractivity contribution in [3.8, 4) is 0 Å². The molecule has 0 atom stereocenters. The molecule has 126 valence electrons. The van der Waals surface area contributed by atoms with Crippen LogP contribution >= 0.6 is 0 Å². The molecule has 0 aliphatic carbocycles. The van der Waals surface area contributed by atoms with Crippen molar-refractivity contribution in [1.29, 1.82) is 5.41 Å². The molecule has 1 aromatic rings. The van der Waals surface area contributed by atoms with Crippen molar-refractivity contribution in [2.45, 2.75) is 52.4 Å². The number of hydrogen-bond donors (Lipinski definition) is 1. The van der Waals surface area contributed by atoms with Gasteiger partial charge in [0.05, 0.1) is 19.7 Å². The van der Waals surface area contributed by atoms with E-state index in [0.717, 1.165) is 16.7 Å². The van der Waals surface area contributed by atoms with E-state index in [4.69, 9.17) is 14.9 Å². The van der Waals surface area contributed by atoms with Crippen LogP contribution in [0.1, 0.15) is 51.3 Å². The van der Waals surface area contributed by atoms with Crippen LogP contribution < -0.4 is 0 Å². The van der Waals surface area contributed by atoms with E-state index in [2.05, 4.69) is 0 Å². The number of benzene rings is 1. The molecule has 1 amide bonds. The highest BCUT2D eigenvalue weighted by Crippen LogP contribution is 2.43. The number of carbonyl (C=O) groups excluding carboxylic acids is 1. The number of ether oxygens (including phenoxy) is 2. The predicted molar refractivity (Wildman–Crippen MR) is 89.9 cm³/mol. The van der Waals surface area contributed by atoms with E-state index in [0.29, 0.717) is 19.7 Å². The zero-order chi connectivity index (χ0) is 17.3. The van der Waals surface area contributed by atoms with Crippen LogP contribution in [0.15, 0.2) is 18.2 Å². The first-order chi connectivity index (χ1) is 10.8. The number of fused-ring (bicyclic) bond motifs is 2. The fourth-order valence-corrected chi connectivity index (χ4v) is 2.85. The second-order valence-corrected chi connectivity index (χ2v) is 6.68. The summed E-state index contributed by atoms with van der Waals surface area (Å²) in [6.07, 6.45) is 1.04. The molecule has 1 fully saturated rings. The highest BCUT2D eigenvalue weighted by atomic mass is 16.6. The molecule has 5 nitrogen and oxygen atoms in total. The molecular weight excluding hydrogens is 292 g/mol. The van der Waals surface area contributed by atoms with Gasteiger partial charge in [0.25, 0.3) is 0 Å². The largest absolute Gasteiger partial charge is 0.444 e. The van der Waals surface area contributed by atoms with Crippen molar-refractivity contribution >= 4 is 12.3 Å². The summed E-state index contributed by atoms with van der Waals surface area (Å²) in [4.78, 5) is 13.7. The Morgan fingerprint density at radius 3 is 2.57 bits per heavy atom. The van der Waals surface area contributed by atoms with Crippen LogP contribution in [0.25, 0.3) is 0 Å². The van der Waals surface area contributed by atoms with E-state index in [1.807, 2.05) is 52.8 Å². The SMILES string of the molecule is CC.CC(C)(C)OC(=O)N1CC2(C1)OCc1cc(C=N)ccc12. The van der Waals surface area contributed by atoms with Gasteiger partial charge in [-0.25, -0.2) is 4.79 Å². The van der Waals surface area contributed by atoms with Crippen LogP contribution in [0.3, 0.4) is 0 Å². The van der Waals surface area contributed by atoms with Gasteiger partial charge in [-0.1, -0.05) is 26.0 Å². The van der Waals surface area contributed by atoms with Crippen LogP contribution in [0.5, 0.6) is 0 Å². The molecular formula is C18H26N2O3. The van der Waals surface area contributed by atoms with Crippen molar-refractivity contribution in [2.24, 2.45) is 0 Å². The van der Waals surface area contributed by atoms with Crippen LogP contribution in [0.2, 0.25) is 0 Å². The monoisotopic (exact) mass is 318 g/mol. The summed E-state index contributed by atoms with van der Waals surface area (Å²) in [5, 5.41) is 7.30. The van der Waals surface area contributed by atoms with Gasteiger partial charge in [-0.2, -0.15) is 0 Å². The zero-order valence-electron chi connectivity index (χ0n) is 14.6. The van der Waals surface area contributed by atoms with E-state index >= 15 is 0 Å². The minimum absolute atomic E-state index is 0.290. The summed E-state index contributed by atoms with van der Waals surface area (Å²) >= 11 is 0. The molecule has 2 aliphatic heterocycles. The van der Waals surface area contributed by atoms with Crippen molar-refractivity contribution in [2.75, 3.05) is 13.1 Å². The lowest BCUT2D eigenvalue weighted by molar-refractivity contribution is -0.137. The standard InChI is InChI=1S/C16H20N2O3.C2H6/c1-15(2,3)21-14(19)18-9-16(10-18)13-5-4-11(7-17)6-12(13)8-20-16;1-2/h4-7,17H,8-10H2,1-3H3;1-2H3. The molecule has 1 aromatic carbocycles. The second kappa shape index (κ2) is 6.32. The first-order valence-corrected chi connectivity index (χ1v) is 8.09. The highest BCUT2D eigenvalue weighted by molar-refractivity contribution is 5.77. The van der Waals surface area contributed by atoms with Crippen molar-refractivity contribution in [1.82, 2.24) is 4.90 Å². The van der Waals surface area contributed by atoms with Crippen molar-refractivity contribution in [3.05, 3.63) is 34.9 Å². The molecule has 0 bridgehead atoms. The smallest absolute Gasteiger partial charge is 0.410 e. The third-order valence-corrected chi connectivity index (χ3v) is 3.84. The van der Waals surface area contributed by atoms with Gasteiger partial charge in [-0.05, 0) is 43.5 Å². The Hall–Kier alpha value is -1.88. The third kappa shape index (κ3) is 3.39. The number of likely N-dealkylation sites (tertiary alicyclic amines) is 1. The molecule has 1 saturated heterocycles. The Kier molecular flexibility index (Phi) is 4.80. The number of amides is 1. The highest BCUT2D eigenvalue weighted by Gasteiger charge is 2.52. The normalized spacial score (nSPS) is 17.7. The maximum absolute atomic E-state index is 12.0. The van der Waals surface area contributed by atoms with Crippen molar-refractivity contribution < 1.29 is 14.3 Å². The van der Waals surface area contributed by atoms with Gasteiger partial charge in [0, 0.05) is 6.21 Å². The van der Waals surface area contributed by atoms with E-state index < -0.39 is 5.60 Å². The minimum atomic E-state index is -0.479. The molecule has 2 aliphatic rings. The van der Waals surface area contributed by atoms with Crippen molar-refractivity contribution in [3.63, 3.8) is 0 Å². The number of carbonyl (C=O) groups is 1. The fourth-order valence-electron chi connectivity index (χ4n) is 2.85. The average Bonchev–Trinajstić information content (AvgIpc) is 2.84. The second-order valence-electron chi connectivity index (χ2n) is 6.68. The third-order valence-electron chi connectivity index (χ3n) is 3.84. The quantitative estimate of drug-likeness (QED) is 0.803. The zero-order valence-corrected chi connectivity index (χ0v) is 14.6. The van der Waals surface area contributed by atoms with Crippen LogP contribution in [-0.4, -0.2) is 35.9 Å². The molecule has 2 heterocycles. The maximum Gasteiger partial charge on any atom is 0.410 e. The Balaban J connectivity index is 0.000000924. The number of nitrogens with zero attached hydrogens (tertiary/aromatic N) is 1. The maximum atomic E-state index is 12.0. The van der Waals surface area contributed by atoms with E-state index in [1.54, 1.807) is 4.90 Å². The molecule has 5 heteroatoms. The molecule has 23 heavy (non-hydrogen) atoms. The molecule has 0 aromatic heterocycles. The van der Waals surface area contributed by atoms with Gasteiger partial charge in [-0.15, -0.1) is 0 Å². The lowest BCUT2D eigenvalue weighted by Crippen LogP contribution is -2.61. The lowest BCUT2D eigenvalue weighted by atomic mass is 9.85. The van der Waals surface area contributed by atoms with Crippen LogP contribution in [0, 0.1) is 5.41 Å². The Labute approximate surface area is 138 Å². The van der Waals surface area contributed by atoms with Gasteiger partial charge in [0.15, 0.2) is 0 Å².